The Morgan fingerprint density at radius 1 is 0.448 bits per heavy atom. The molecule has 0 bridgehead atoms. The average Bonchev–Trinajstić information content (AvgIpc) is 3.16. The molecule has 0 saturated heterocycles. The van der Waals surface area contributed by atoms with Crippen molar-refractivity contribution >= 4 is 50.9 Å². The molecule has 0 aromatic rings. The van der Waals surface area contributed by atoms with Crippen LogP contribution >= 0.6 is 18.6 Å². The van der Waals surface area contributed by atoms with Crippen molar-refractivity contribution in [2.24, 2.45) is 0 Å². The molecule has 164 valence electrons. The van der Waals surface area contributed by atoms with Gasteiger partial charge in [0.2, 0.25) is 0 Å². The van der Waals surface area contributed by atoms with E-state index in [1.54, 1.807) is 22.2 Å². The second-order valence-electron chi connectivity index (χ2n) is 11.8. The third-order valence-corrected chi connectivity index (χ3v) is 13.1. The Morgan fingerprint density at radius 3 is 0.655 bits per heavy atom. The Labute approximate surface area is 205 Å². The van der Waals surface area contributed by atoms with Gasteiger partial charge in [-0.3, -0.25) is 0 Å². The van der Waals surface area contributed by atoms with Gasteiger partial charge in [-0.25, -0.2) is 0 Å². The molecule has 2 fully saturated rings. The van der Waals surface area contributed by atoms with Gasteiger partial charge in [-0.05, 0) is 60.7 Å². The van der Waals surface area contributed by atoms with Gasteiger partial charge in [0.05, 0.1) is 32.3 Å². The predicted molar refractivity (Wildman–Crippen MR) is 144 cm³/mol. The first-order valence-corrected chi connectivity index (χ1v) is 28.7. The summed E-state index contributed by atoms with van der Waals surface area (Å²) in [5.41, 5.74) is 6.46. The summed E-state index contributed by atoms with van der Waals surface area (Å²) in [6.07, 6.45) is 14.3. The van der Waals surface area contributed by atoms with Crippen LogP contribution in [0.15, 0.2) is 0 Å². The topological polar surface area (TPSA) is 0 Å². The molecule has 0 heterocycles. The van der Waals surface area contributed by atoms with Gasteiger partial charge in [0, 0.05) is 0 Å². The minimum absolute atomic E-state index is 0.556. The first-order valence-electron chi connectivity index (χ1n) is 10.4. The van der Waals surface area contributed by atoms with Crippen molar-refractivity contribution in [3.05, 3.63) is 60.7 Å². The minimum atomic E-state index is -1.07. The summed E-state index contributed by atoms with van der Waals surface area (Å²) < 4.78 is 0. The number of hydrogen-bond donors (Lipinski definition) is 0. The van der Waals surface area contributed by atoms with Crippen LogP contribution in [0, 0.1) is 60.7 Å². The van der Waals surface area contributed by atoms with Crippen LogP contribution in [0.1, 0.15) is 0 Å². The summed E-state index contributed by atoms with van der Waals surface area (Å²) in [4.78, 5) is 0. The van der Waals surface area contributed by atoms with E-state index in [2.05, 4.69) is 117 Å². The van der Waals surface area contributed by atoms with Crippen LogP contribution < -0.4 is 0 Å². The zero-order valence-electron chi connectivity index (χ0n) is 20.7. The molecule has 7 heteroatoms. The fraction of sp³-hybridized carbons (Fsp3) is 0.545. The molecule has 0 aromatic heterocycles. The fourth-order valence-corrected chi connectivity index (χ4v) is 7.73. The SMILES string of the molecule is C[Si](C)(C)[C]1[CH][CH][C]([Si](C)(C)C)[CH]1.C[Si](C)(C)[C]1[CH][CH][C]([Si](C)(C)C)[CH]1.[Cl][Ti][Cl]. The van der Waals surface area contributed by atoms with Gasteiger partial charge in [0.1, 0.15) is 0 Å². The molecule has 0 atom stereocenters. The summed E-state index contributed by atoms with van der Waals surface area (Å²) in [5.74, 6) is 0. The van der Waals surface area contributed by atoms with Crippen LogP contribution in [0.3, 0.4) is 0 Å². The monoisotopic (exact) mass is 536 g/mol. The summed E-state index contributed by atoms with van der Waals surface area (Å²) in [5, 5.41) is 0. The van der Waals surface area contributed by atoms with Gasteiger partial charge < -0.3 is 0 Å². The van der Waals surface area contributed by atoms with Crippen molar-refractivity contribution in [3.8, 4) is 0 Å². The summed E-state index contributed by atoms with van der Waals surface area (Å²) in [7, 11) is 5.50. The Morgan fingerprint density at radius 2 is 0.586 bits per heavy atom. The third-order valence-electron chi connectivity index (χ3n) is 4.97. The van der Waals surface area contributed by atoms with Gasteiger partial charge in [0.25, 0.3) is 0 Å². The normalized spacial score (nSPS) is 20.8. The Balaban J connectivity index is 0.000000477. The molecule has 0 nitrogen and oxygen atoms in total. The molecule has 2 aliphatic carbocycles. The van der Waals surface area contributed by atoms with Crippen molar-refractivity contribution in [1.29, 1.82) is 0 Å². The van der Waals surface area contributed by atoms with E-state index in [1.165, 1.54) is 0 Å². The molecule has 29 heavy (non-hydrogen) atoms. The van der Waals surface area contributed by atoms with E-state index < -0.39 is 49.3 Å². The second-order valence-corrected chi connectivity index (χ2v) is 34.7. The van der Waals surface area contributed by atoms with Crippen LogP contribution in [-0.2, 0) is 17.0 Å². The van der Waals surface area contributed by atoms with Crippen molar-refractivity contribution in [3.63, 3.8) is 0 Å². The molecule has 0 spiro atoms. The van der Waals surface area contributed by atoms with Crippen molar-refractivity contribution in [2.75, 3.05) is 0 Å². The van der Waals surface area contributed by atoms with E-state index in [-0.39, 0.29) is 0 Å². The molecule has 0 unspecified atom stereocenters. The average molecular weight is 538 g/mol. The van der Waals surface area contributed by atoms with E-state index in [1.807, 2.05) is 0 Å². The van der Waals surface area contributed by atoms with E-state index in [4.69, 9.17) is 18.6 Å². The molecule has 0 aliphatic heterocycles. The maximum atomic E-state index is 4.89. The van der Waals surface area contributed by atoms with Crippen molar-refractivity contribution in [2.45, 2.75) is 78.6 Å². The number of rotatable bonds is 4. The van der Waals surface area contributed by atoms with Gasteiger partial charge in [-0.2, -0.15) is 0 Å². The third kappa shape index (κ3) is 12.3. The molecule has 0 amide bonds. The predicted octanol–water partition coefficient (Wildman–Crippen LogP) is 8.41. The zero-order chi connectivity index (χ0) is 23.3. The molecule has 2 saturated carbocycles. The van der Waals surface area contributed by atoms with Gasteiger partial charge >= 0.3 is 35.6 Å². The summed E-state index contributed by atoms with van der Waals surface area (Å²) in [6, 6.07) is 0. The summed E-state index contributed by atoms with van der Waals surface area (Å²) >= 11 is -0.556. The van der Waals surface area contributed by atoms with Crippen LogP contribution in [0.25, 0.3) is 0 Å². The van der Waals surface area contributed by atoms with Crippen LogP contribution in [0.2, 0.25) is 78.6 Å². The maximum absolute atomic E-state index is 4.89. The first kappa shape index (κ1) is 31.2. The first-order chi connectivity index (χ1) is 12.8. The molecule has 0 aromatic carbocycles. The summed E-state index contributed by atoms with van der Waals surface area (Å²) in [6.45, 7) is 29.0. The zero-order valence-corrected chi connectivity index (χ0v) is 27.8. The molecule has 2 rings (SSSR count). The van der Waals surface area contributed by atoms with Crippen molar-refractivity contribution in [1.82, 2.24) is 0 Å². The van der Waals surface area contributed by atoms with Gasteiger partial charge in [0.15, 0.2) is 0 Å². The standard InChI is InChI=1S/2C11H21Si2.2ClH.Ti/c2*1-12(2,3)10-7-8-11(9-10)13(4,5)6;;;/h2*7-9H,1-6H3;2*1H;/q;;;;+2/p-2. The van der Waals surface area contributed by atoms with Gasteiger partial charge in [-0.1, -0.05) is 78.6 Å². The quantitative estimate of drug-likeness (QED) is 0.316. The fourth-order valence-electron chi connectivity index (χ4n) is 2.75. The van der Waals surface area contributed by atoms with E-state index >= 15 is 0 Å². The van der Waals surface area contributed by atoms with E-state index in [0.717, 1.165) is 0 Å². The molecule has 2 aliphatic rings. The van der Waals surface area contributed by atoms with Crippen LogP contribution in [-0.4, -0.2) is 32.3 Å². The van der Waals surface area contributed by atoms with E-state index in [9.17, 15) is 0 Å². The molecule has 0 N–H and O–H groups in total. The Bertz CT molecular complexity index is 379. The van der Waals surface area contributed by atoms with Crippen LogP contribution in [0.5, 0.6) is 0 Å². The van der Waals surface area contributed by atoms with Crippen molar-refractivity contribution < 1.29 is 17.0 Å². The van der Waals surface area contributed by atoms with Gasteiger partial charge in [-0.15, -0.1) is 0 Å². The van der Waals surface area contributed by atoms with Crippen LogP contribution in [0.4, 0.5) is 0 Å². The number of hydrogen-bond acceptors (Lipinski definition) is 0. The second kappa shape index (κ2) is 12.6. The Hall–Kier alpha value is 2.16. The molecule has 10 radical (unpaired) electrons. The molecular formula is C22H42Cl2Si4Ti. The van der Waals surface area contributed by atoms with E-state index in [0.29, 0.717) is 0 Å². The molecular weight excluding hydrogens is 495 g/mol. The number of halogens is 2. The Kier molecular flexibility index (Phi) is 13.5.